The lowest BCUT2D eigenvalue weighted by Crippen LogP contribution is -2.45. The summed E-state index contributed by atoms with van der Waals surface area (Å²) in [7, 11) is 0. The number of amides is 1. The lowest BCUT2D eigenvalue weighted by molar-refractivity contribution is -0.151. The molecule has 0 radical (unpaired) electrons. The summed E-state index contributed by atoms with van der Waals surface area (Å²) in [5.41, 5.74) is 1.63. The summed E-state index contributed by atoms with van der Waals surface area (Å²) in [6.45, 7) is 1.71. The van der Waals surface area contributed by atoms with Crippen molar-refractivity contribution < 1.29 is 38.4 Å². The average Bonchev–Trinajstić information content (AvgIpc) is 2.81. The molecule has 0 spiro atoms. The van der Waals surface area contributed by atoms with Gasteiger partial charge in [-0.25, -0.2) is 9.59 Å². The molecule has 0 saturated heterocycles. The van der Waals surface area contributed by atoms with Crippen molar-refractivity contribution in [1.82, 2.24) is 5.32 Å². The van der Waals surface area contributed by atoms with Crippen LogP contribution in [0.4, 0.5) is 0 Å². The highest BCUT2D eigenvalue weighted by molar-refractivity contribution is 5.85. The molecule has 0 aliphatic heterocycles. The molecule has 0 saturated carbocycles. The molecule has 2 aromatic carbocycles. The molecule has 0 aromatic heterocycles. The Hall–Kier alpha value is -3.43. The first-order valence-corrected chi connectivity index (χ1v) is 10.6. The van der Waals surface area contributed by atoms with Crippen LogP contribution in [0.25, 0.3) is 0 Å². The summed E-state index contributed by atoms with van der Waals surface area (Å²) in [4.78, 5) is 36.0. The summed E-state index contributed by atoms with van der Waals surface area (Å²) < 4.78 is 20.5. The summed E-state index contributed by atoms with van der Waals surface area (Å²) in [5.74, 6) is -1.44. The maximum Gasteiger partial charge on any atom is 0.332 e. The van der Waals surface area contributed by atoms with Gasteiger partial charge in [-0.2, -0.15) is 0 Å². The molecule has 0 aliphatic carbocycles. The molecule has 178 valence electrons. The van der Waals surface area contributed by atoms with Gasteiger partial charge in [-0.05, 0) is 30.2 Å². The van der Waals surface area contributed by atoms with Crippen LogP contribution in [0.3, 0.4) is 0 Å². The lowest BCUT2D eigenvalue weighted by atomic mass is 10.1. The summed E-state index contributed by atoms with van der Waals surface area (Å²) >= 11 is 0. The van der Waals surface area contributed by atoms with Crippen LogP contribution in [-0.4, -0.2) is 62.0 Å². The van der Waals surface area contributed by atoms with E-state index >= 15 is 0 Å². The number of benzene rings is 2. The Labute approximate surface area is 192 Å². The maximum atomic E-state index is 12.2. The normalized spacial score (nSPS) is 11.4. The zero-order valence-corrected chi connectivity index (χ0v) is 18.5. The van der Waals surface area contributed by atoms with Crippen molar-refractivity contribution in [2.45, 2.75) is 26.0 Å². The molecule has 0 heterocycles. The monoisotopic (exact) mass is 459 g/mol. The van der Waals surface area contributed by atoms with Gasteiger partial charge in [0.15, 0.2) is 0 Å². The summed E-state index contributed by atoms with van der Waals surface area (Å²) in [6.07, 6.45) is 0.207. The van der Waals surface area contributed by atoms with Crippen LogP contribution in [0.2, 0.25) is 0 Å². The highest BCUT2D eigenvalue weighted by Crippen LogP contribution is 2.12. The molecule has 0 fully saturated rings. The number of hydrogen-bond acceptors (Lipinski definition) is 8. The number of aromatic hydroxyl groups is 1. The number of esters is 2. The highest BCUT2D eigenvalue weighted by atomic mass is 16.6. The molecule has 1 amide bonds. The van der Waals surface area contributed by atoms with Gasteiger partial charge in [-0.15, -0.1) is 0 Å². The van der Waals surface area contributed by atoms with E-state index in [9.17, 15) is 19.5 Å². The Balaban J connectivity index is 1.63. The van der Waals surface area contributed by atoms with Crippen molar-refractivity contribution in [3.63, 3.8) is 0 Å². The van der Waals surface area contributed by atoms with Crippen molar-refractivity contribution in [3.05, 3.63) is 65.7 Å². The fourth-order valence-electron chi connectivity index (χ4n) is 2.76. The second kappa shape index (κ2) is 14.6. The van der Waals surface area contributed by atoms with E-state index in [1.807, 2.05) is 30.3 Å². The zero-order chi connectivity index (χ0) is 23.9. The van der Waals surface area contributed by atoms with Gasteiger partial charge < -0.3 is 29.4 Å². The Morgan fingerprint density at radius 1 is 0.879 bits per heavy atom. The van der Waals surface area contributed by atoms with Crippen LogP contribution >= 0.6 is 0 Å². The van der Waals surface area contributed by atoms with Crippen LogP contribution < -0.4 is 5.32 Å². The highest BCUT2D eigenvalue weighted by Gasteiger charge is 2.22. The Kier molecular flexibility index (Phi) is 11.4. The van der Waals surface area contributed by atoms with Gasteiger partial charge in [0.1, 0.15) is 31.6 Å². The quantitative estimate of drug-likeness (QED) is 0.324. The molecule has 1 atom stereocenters. The minimum atomic E-state index is -0.888. The molecule has 0 bridgehead atoms. The predicted molar refractivity (Wildman–Crippen MR) is 118 cm³/mol. The number of carbonyl (C=O) groups excluding carboxylic acids is 3. The van der Waals surface area contributed by atoms with Gasteiger partial charge in [0.2, 0.25) is 5.91 Å². The van der Waals surface area contributed by atoms with Gasteiger partial charge in [0.05, 0.1) is 19.8 Å². The zero-order valence-electron chi connectivity index (χ0n) is 18.5. The molecule has 0 aliphatic rings. The first kappa shape index (κ1) is 25.8. The molecule has 2 N–H and O–H groups in total. The second-order valence-corrected chi connectivity index (χ2v) is 6.99. The van der Waals surface area contributed by atoms with Crippen molar-refractivity contribution in [1.29, 1.82) is 0 Å². The van der Waals surface area contributed by atoms with Crippen LogP contribution in [-0.2, 0) is 46.4 Å². The predicted octanol–water partition coefficient (Wildman–Crippen LogP) is 1.76. The van der Waals surface area contributed by atoms with E-state index in [-0.39, 0.29) is 51.8 Å². The van der Waals surface area contributed by atoms with Gasteiger partial charge >= 0.3 is 11.9 Å². The van der Waals surface area contributed by atoms with Crippen LogP contribution in [0.5, 0.6) is 5.75 Å². The third-order valence-electron chi connectivity index (χ3n) is 4.35. The fourth-order valence-corrected chi connectivity index (χ4v) is 2.76. The van der Waals surface area contributed by atoms with E-state index in [0.29, 0.717) is 0 Å². The number of phenols is 1. The first-order valence-electron chi connectivity index (χ1n) is 10.6. The first-order chi connectivity index (χ1) is 16.0. The molecular weight excluding hydrogens is 430 g/mol. The van der Waals surface area contributed by atoms with Crippen molar-refractivity contribution in [2.75, 3.05) is 33.0 Å². The molecule has 0 unspecified atom stereocenters. The van der Waals surface area contributed by atoms with Crippen molar-refractivity contribution in [3.8, 4) is 5.75 Å². The Bertz CT molecular complexity index is 870. The van der Waals surface area contributed by atoms with E-state index in [1.54, 1.807) is 19.1 Å². The van der Waals surface area contributed by atoms with E-state index in [1.165, 1.54) is 12.1 Å². The average molecular weight is 459 g/mol. The smallest absolute Gasteiger partial charge is 0.332 e. The van der Waals surface area contributed by atoms with Crippen LogP contribution in [0, 0.1) is 0 Å². The number of phenolic OH excluding ortho intramolecular Hbond substituents is 1. The third kappa shape index (κ3) is 10.6. The van der Waals surface area contributed by atoms with E-state index in [4.69, 9.17) is 18.9 Å². The van der Waals surface area contributed by atoms with Gasteiger partial charge in [-0.1, -0.05) is 42.5 Å². The maximum absolute atomic E-state index is 12.2. The van der Waals surface area contributed by atoms with Gasteiger partial charge in [0.25, 0.3) is 0 Å². The molecular formula is C24H29NO8. The summed E-state index contributed by atoms with van der Waals surface area (Å²) in [5, 5.41) is 12.0. The third-order valence-corrected chi connectivity index (χ3v) is 4.35. The van der Waals surface area contributed by atoms with Gasteiger partial charge in [-0.3, -0.25) is 4.79 Å². The van der Waals surface area contributed by atoms with Crippen molar-refractivity contribution in [2.24, 2.45) is 0 Å². The second-order valence-electron chi connectivity index (χ2n) is 6.99. The molecule has 2 rings (SSSR count). The number of nitrogens with one attached hydrogen (secondary N) is 1. The van der Waals surface area contributed by atoms with E-state index < -0.39 is 23.9 Å². The fraction of sp³-hybridized carbons (Fsp3) is 0.375. The number of hydrogen-bond donors (Lipinski definition) is 2. The molecule has 9 nitrogen and oxygen atoms in total. The van der Waals surface area contributed by atoms with Crippen LogP contribution in [0.1, 0.15) is 18.1 Å². The topological polar surface area (TPSA) is 120 Å². The number of carbonyl (C=O) groups is 3. The molecule has 2 aromatic rings. The largest absolute Gasteiger partial charge is 0.508 e. The minimum absolute atomic E-state index is 0.0847. The van der Waals surface area contributed by atoms with Crippen molar-refractivity contribution >= 4 is 17.8 Å². The minimum Gasteiger partial charge on any atom is -0.508 e. The molecule has 33 heavy (non-hydrogen) atoms. The Morgan fingerprint density at radius 3 is 2.21 bits per heavy atom. The number of rotatable bonds is 14. The summed E-state index contributed by atoms with van der Waals surface area (Å²) in [6, 6.07) is 14.7. The SMILES string of the molecule is CCOC(=O)[C@@H](Cc1ccc(O)cc1)NC(=O)COCCOCC(=O)OCc1ccccc1. The van der Waals surface area contributed by atoms with E-state index in [0.717, 1.165) is 11.1 Å². The van der Waals surface area contributed by atoms with Gasteiger partial charge in [0, 0.05) is 6.42 Å². The van der Waals surface area contributed by atoms with E-state index in [2.05, 4.69) is 5.32 Å². The Morgan fingerprint density at radius 2 is 1.55 bits per heavy atom. The lowest BCUT2D eigenvalue weighted by Gasteiger charge is -2.17. The standard InChI is InChI=1S/C24H29NO8/c1-2-32-24(29)21(14-18-8-10-20(26)11-9-18)25-22(27)16-30-12-13-31-17-23(28)33-15-19-6-4-3-5-7-19/h3-11,21,26H,2,12-17H2,1H3,(H,25,27)/t21-/m1/s1. The number of ether oxygens (including phenoxy) is 4. The molecule has 9 heteroatoms. The van der Waals surface area contributed by atoms with Crippen LogP contribution in [0.15, 0.2) is 54.6 Å².